The Hall–Kier alpha value is -3.34. The molecule has 5 nitrogen and oxygen atoms in total. The summed E-state index contributed by atoms with van der Waals surface area (Å²) in [6.07, 6.45) is -1.63. The summed E-state index contributed by atoms with van der Waals surface area (Å²) in [4.78, 5) is 4.21. The molecule has 0 fully saturated rings. The predicted octanol–water partition coefficient (Wildman–Crippen LogP) is 3.83. The van der Waals surface area contributed by atoms with E-state index in [9.17, 15) is 18.4 Å². The van der Waals surface area contributed by atoms with Crippen LogP contribution in [-0.4, -0.2) is 21.1 Å². The van der Waals surface area contributed by atoms with E-state index in [1.54, 1.807) is 18.3 Å². The van der Waals surface area contributed by atoms with Crippen LogP contribution in [0.25, 0.3) is 22.8 Å². The monoisotopic (exact) mass is 330 g/mol. The van der Waals surface area contributed by atoms with Gasteiger partial charge in [-0.1, -0.05) is 12.7 Å². The van der Waals surface area contributed by atoms with Crippen LogP contribution in [0, 0.1) is 11.3 Å². The molecule has 0 saturated heterocycles. The van der Waals surface area contributed by atoms with Crippen molar-refractivity contribution in [2.45, 2.75) is 6.36 Å². The number of aromatic nitrogens is 3. The van der Waals surface area contributed by atoms with Gasteiger partial charge in [0.25, 0.3) is 0 Å². The smallest absolute Gasteiger partial charge is 0.406 e. The minimum atomic E-state index is -4.76. The maximum absolute atomic E-state index is 12.2. The first-order valence-corrected chi connectivity index (χ1v) is 6.69. The summed E-state index contributed by atoms with van der Waals surface area (Å²) in [6.45, 7) is 3.69. The highest BCUT2D eigenvalue weighted by Gasteiger charge is 2.31. The minimum Gasteiger partial charge on any atom is -0.406 e. The van der Waals surface area contributed by atoms with Crippen molar-refractivity contribution in [3.05, 3.63) is 54.4 Å². The van der Waals surface area contributed by atoms with Gasteiger partial charge in [0.2, 0.25) is 0 Å². The van der Waals surface area contributed by atoms with Crippen molar-refractivity contribution in [3.8, 4) is 17.5 Å². The second kappa shape index (κ2) is 5.70. The molecule has 1 aromatic carbocycles. The van der Waals surface area contributed by atoms with E-state index in [1.807, 2.05) is 6.07 Å². The molecular weight excluding hydrogens is 321 g/mol. The zero-order valence-corrected chi connectivity index (χ0v) is 12.1. The topological polar surface area (TPSA) is 63.7 Å². The van der Waals surface area contributed by atoms with Crippen molar-refractivity contribution in [1.82, 2.24) is 14.8 Å². The number of nitriles is 1. The fraction of sp³-hybridized carbons (Fsp3) is 0.0625. The Bertz CT molecular complexity index is 952. The number of hydrogen-bond acceptors (Lipinski definition) is 4. The highest BCUT2D eigenvalue weighted by molar-refractivity contribution is 5.90. The van der Waals surface area contributed by atoms with Crippen molar-refractivity contribution in [1.29, 1.82) is 5.26 Å². The third-order valence-electron chi connectivity index (χ3n) is 3.24. The minimum absolute atomic E-state index is 0.156. The van der Waals surface area contributed by atoms with Gasteiger partial charge in [-0.3, -0.25) is 0 Å². The Morgan fingerprint density at radius 2 is 1.92 bits per heavy atom. The van der Waals surface area contributed by atoms with Gasteiger partial charge in [0.1, 0.15) is 11.8 Å². The zero-order valence-electron chi connectivity index (χ0n) is 12.1. The van der Waals surface area contributed by atoms with Gasteiger partial charge in [-0.05, 0) is 35.9 Å². The molecule has 0 unspecified atom stereocenters. The molecule has 120 valence electrons. The molecule has 0 radical (unpaired) electrons. The van der Waals surface area contributed by atoms with E-state index in [2.05, 4.69) is 21.4 Å². The second-order valence-electron chi connectivity index (χ2n) is 4.72. The molecule has 0 atom stereocenters. The molecule has 0 aliphatic heterocycles. The first kappa shape index (κ1) is 15.6. The van der Waals surface area contributed by atoms with Crippen LogP contribution in [0.15, 0.2) is 43.1 Å². The first-order valence-electron chi connectivity index (χ1n) is 6.69. The lowest BCUT2D eigenvalue weighted by Gasteiger charge is -2.09. The van der Waals surface area contributed by atoms with Gasteiger partial charge < -0.3 is 4.74 Å². The van der Waals surface area contributed by atoms with Gasteiger partial charge in [-0.2, -0.15) is 10.4 Å². The molecule has 0 spiro atoms. The summed E-state index contributed by atoms with van der Waals surface area (Å²) in [7, 11) is 0. The van der Waals surface area contributed by atoms with Gasteiger partial charge in [0, 0.05) is 6.20 Å². The maximum atomic E-state index is 12.2. The number of pyridine rings is 1. The van der Waals surface area contributed by atoms with Crippen LogP contribution in [-0.2, 0) is 0 Å². The quantitative estimate of drug-likeness (QED) is 0.732. The SMILES string of the molecule is C=Cc1ccnc2c1c(C#N)nn2-c1ccc(OC(F)(F)F)cc1. The zero-order chi connectivity index (χ0) is 17.3. The number of hydrogen-bond donors (Lipinski definition) is 0. The Morgan fingerprint density at radius 3 is 2.50 bits per heavy atom. The van der Waals surface area contributed by atoms with E-state index in [0.29, 0.717) is 22.3 Å². The van der Waals surface area contributed by atoms with Gasteiger partial charge in [-0.15, -0.1) is 13.2 Å². The molecule has 0 aliphatic rings. The molecule has 0 N–H and O–H groups in total. The lowest BCUT2D eigenvalue weighted by molar-refractivity contribution is -0.274. The van der Waals surface area contributed by atoms with Gasteiger partial charge in [0.15, 0.2) is 11.3 Å². The molecule has 3 aromatic rings. The summed E-state index contributed by atoms with van der Waals surface area (Å²) < 4.78 is 41.9. The van der Waals surface area contributed by atoms with Crippen LogP contribution in [0.5, 0.6) is 5.75 Å². The van der Waals surface area contributed by atoms with Crippen molar-refractivity contribution in [3.63, 3.8) is 0 Å². The van der Waals surface area contributed by atoms with E-state index in [0.717, 1.165) is 0 Å². The summed E-state index contributed by atoms with van der Waals surface area (Å²) in [5.41, 5.74) is 1.71. The van der Waals surface area contributed by atoms with E-state index in [-0.39, 0.29) is 11.4 Å². The number of nitrogens with zero attached hydrogens (tertiary/aromatic N) is 4. The number of halogens is 3. The number of fused-ring (bicyclic) bond motifs is 1. The van der Waals surface area contributed by atoms with E-state index < -0.39 is 6.36 Å². The van der Waals surface area contributed by atoms with Crippen molar-refractivity contribution in [2.75, 3.05) is 0 Å². The van der Waals surface area contributed by atoms with Crippen LogP contribution < -0.4 is 4.74 Å². The van der Waals surface area contributed by atoms with Crippen LogP contribution in [0.1, 0.15) is 11.3 Å². The average molecular weight is 330 g/mol. The van der Waals surface area contributed by atoms with Crippen LogP contribution in [0.2, 0.25) is 0 Å². The van der Waals surface area contributed by atoms with Crippen LogP contribution in [0.4, 0.5) is 13.2 Å². The number of alkyl halides is 3. The first-order chi connectivity index (χ1) is 11.4. The summed E-state index contributed by atoms with van der Waals surface area (Å²) in [6, 6.07) is 8.81. The summed E-state index contributed by atoms with van der Waals surface area (Å²) >= 11 is 0. The molecule has 8 heteroatoms. The Labute approximate surface area is 134 Å². The maximum Gasteiger partial charge on any atom is 0.573 e. The molecule has 0 amide bonds. The summed E-state index contributed by atoms with van der Waals surface area (Å²) in [5, 5.41) is 14.0. The molecular formula is C16H9F3N4O. The second-order valence-corrected chi connectivity index (χ2v) is 4.72. The van der Waals surface area contributed by atoms with Gasteiger partial charge in [0.05, 0.1) is 11.1 Å². The Morgan fingerprint density at radius 1 is 1.21 bits per heavy atom. The standard InChI is InChI=1S/C16H9F3N4O/c1-2-10-7-8-21-15-14(10)13(9-20)22-23(15)11-3-5-12(6-4-11)24-16(17,18)19/h2-8H,1H2. The van der Waals surface area contributed by atoms with Crippen molar-refractivity contribution >= 4 is 17.1 Å². The van der Waals surface area contributed by atoms with Crippen LogP contribution in [0.3, 0.4) is 0 Å². The fourth-order valence-electron chi connectivity index (χ4n) is 2.28. The fourth-order valence-corrected chi connectivity index (χ4v) is 2.28. The molecule has 2 heterocycles. The number of rotatable bonds is 3. The summed E-state index contributed by atoms with van der Waals surface area (Å²) in [5.74, 6) is -0.344. The lowest BCUT2D eigenvalue weighted by atomic mass is 10.1. The Balaban J connectivity index is 2.10. The van der Waals surface area contributed by atoms with Crippen molar-refractivity contribution < 1.29 is 17.9 Å². The van der Waals surface area contributed by atoms with E-state index in [4.69, 9.17) is 0 Å². The van der Waals surface area contributed by atoms with E-state index in [1.165, 1.54) is 28.9 Å². The highest BCUT2D eigenvalue weighted by Crippen LogP contribution is 2.27. The largest absolute Gasteiger partial charge is 0.573 e. The molecule has 24 heavy (non-hydrogen) atoms. The third-order valence-corrected chi connectivity index (χ3v) is 3.24. The van der Waals surface area contributed by atoms with Crippen molar-refractivity contribution in [2.24, 2.45) is 0 Å². The Kier molecular flexibility index (Phi) is 3.69. The number of benzene rings is 1. The highest BCUT2D eigenvalue weighted by atomic mass is 19.4. The molecule has 3 rings (SSSR count). The average Bonchev–Trinajstić information content (AvgIpc) is 2.93. The molecule has 0 saturated carbocycles. The van der Waals surface area contributed by atoms with Gasteiger partial charge >= 0.3 is 6.36 Å². The number of ether oxygens (including phenoxy) is 1. The third kappa shape index (κ3) is 2.79. The normalized spacial score (nSPS) is 11.2. The predicted molar refractivity (Wildman–Crippen MR) is 80.4 cm³/mol. The van der Waals surface area contributed by atoms with E-state index >= 15 is 0 Å². The molecule has 0 aliphatic carbocycles. The molecule has 2 aromatic heterocycles. The van der Waals surface area contributed by atoms with Crippen LogP contribution >= 0.6 is 0 Å². The van der Waals surface area contributed by atoms with Gasteiger partial charge in [-0.25, -0.2) is 9.67 Å². The molecule has 0 bridgehead atoms. The lowest BCUT2D eigenvalue weighted by Crippen LogP contribution is -2.17.